The number of aryl methyl sites for hydroxylation is 1. The third kappa shape index (κ3) is 4.53. The summed E-state index contributed by atoms with van der Waals surface area (Å²) in [5, 5.41) is 11.6. The van der Waals surface area contributed by atoms with Gasteiger partial charge in [-0.1, -0.05) is 49.7 Å². The number of methoxy groups -OCH3 is 2. The minimum atomic E-state index is -0.747. The highest BCUT2D eigenvalue weighted by atomic mass is 32.1. The Labute approximate surface area is 208 Å². The van der Waals surface area contributed by atoms with E-state index in [9.17, 15) is 14.7 Å². The van der Waals surface area contributed by atoms with Crippen LogP contribution in [0.5, 0.6) is 11.5 Å². The van der Waals surface area contributed by atoms with Crippen LogP contribution in [-0.4, -0.2) is 47.4 Å². The van der Waals surface area contributed by atoms with Gasteiger partial charge in [0.1, 0.15) is 5.01 Å². The molecule has 182 valence electrons. The van der Waals surface area contributed by atoms with Crippen LogP contribution in [-0.2, 0) is 4.79 Å². The minimum absolute atomic E-state index is 0.0599. The molecule has 2 heterocycles. The van der Waals surface area contributed by atoms with Crippen molar-refractivity contribution in [2.45, 2.75) is 32.7 Å². The zero-order chi connectivity index (χ0) is 25.1. The Kier molecular flexibility index (Phi) is 7.21. The fraction of sp³-hybridized carbons (Fsp3) is 0.296. The van der Waals surface area contributed by atoms with Crippen LogP contribution in [0.1, 0.15) is 46.7 Å². The van der Waals surface area contributed by atoms with Gasteiger partial charge < -0.3 is 19.5 Å². The van der Waals surface area contributed by atoms with E-state index in [1.165, 1.54) is 18.4 Å². The zero-order valence-corrected chi connectivity index (χ0v) is 21.0. The van der Waals surface area contributed by atoms with Gasteiger partial charge in [0.15, 0.2) is 17.3 Å². The Balaban J connectivity index is 1.80. The Morgan fingerprint density at radius 3 is 2.49 bits per heavy atom. The number of unbranched alkanes of at least 4 members (excludes halogenated alkanes) is 1. The fourth-order valence-electron chi connectivity index (χ4n) is 4.25. The van der Waals surface area contributed by atoms with Crippen molar-refractivity contribution in [3.8, 4) is 22.1 Å². The molecule has 35 heavy (non-hydrogen) atoms. The number of ether oxygens (including phenoxy) is 2. The molecule has 0 fully saturated rings. The lowest BCUT2D eigenvalue weighted by molar-refractivity contribution is -0.129. The van der Waals surface area contributed by atoms with E-state index in [0.29, 0.717) is 39.2 Å². The van der Waals surface area contributed by atoms with E-state index in [1.807, 2.05) is 37.3 Å². The second kappa shape index (κ2) is 10.3. The van der Waals surface area contributed by atoms with Gasteiger partial charge in [-0.3, -0.25) is 9.59 Å². The molecule has 0 aliphatic carbocycles. The van der Waals surface area contributed by atoms with Gasteiger partial charge >= 0.3 is 0 Å². The predicted molar refractivity (Wildman–Crippen MR) is 135 cm³/mol. The maximum Gasteiger partial charge on any atom is 0.290 e. The maximum atomic E-state index is 13.9. The normalized spacial score (nSPS) is 15.6. The third-order valence-corrected chi connectivity index (χ3v) is 7.25. The molecule has 1 aliphatic heterocycles. The van der Waals surface area contributed by atoms with Gasteiger partial charge in [-0.05, 0) is 31.0 Å². The molecular formula is C27H28N2O5S. The molecule has 0 saturated carbocycles. The molecule has 3 aromatic rings. The topological polar surface area (TPSA) is 89.0 Å². The van der Waals surface area contributed by atoms with E-state index < -0.39 is 23.5 Å². The molecule has 7 nitrogen and oxygen atoms in total. The molecule has 1 atom stereocenters. The summed E-state index contributed by atoms with van der Waals surface area (Å²) in [6.07, 6.45) is 1.60. The average molecular weight is 493 g/mol. The summed E-state index contributed by atoms with van der Waals surface area (Å²) in [6, 6.07) is 14.1. The standard InChI is InChI=1S/C27H28N2O5S/c1-5-6-14-29-22(18-12-13-19(33-3)20(15-18)34-4)21(24(31)27(29)32)23(30)25-16(2)28-26(35-25)17-10-8-7-9-11-17/h7-13,15,22,31H,5-6,14H2,1-4H3. The minimum Gasteiger partial charge on any atom is -0.503 e. The van der Waals surface area contributed by atoms with Gasteiger partial charge in [0, 0.05) is 12.1 Å². The highest BCUT2D eigenvalue weighted by Crippen LogP contribution is 2.43. The van der Waals surface area contributed by atoms with Crippen LogP contribution in [0, 0.1) is 6.92 Å². The molecule has 1 N–H and O–H groups in total. The Hall–Kier alpha value is -3.65. The van der Waals surface area contributed by atoms with Crippen molar-refractivity contribution in [2.75, 3.05) is 20.8 Å². The maximum absolute atomic E-state index is 13.9. The van der Waals surface area contributed by atoms with Gasteiger partial charge in [-0.25, -0.2) is 4.98 Å². The molecule has 0 spiro atoms. The lowest BCUT2D eigenvalue weighted by Crippen LogP contribution is -2.32. The van der Waals surface area contributed by atoms with E-state index in [-0.39, 0.29) is 5.57 Å². The number of ketones is 1. The largest absolute Gasteiger partial charge is 0.503 e. The molecule has 1 unspecified atom stereocenters. The zero-order valence-electron chi connectivity index (χ0n) is 20.2. The second-order valence-electron chi connectivity index (χ2n) is 8.26. The van der Waals surface area contributed by atoms with Crippen molar-refractivity contribution in [2.24, 2.45) is 0 Å². The third-order valence-electron chi connectivity index (χ3n) is 6.05. The van der Waals surface area contributed by atoms with Crippen LogP contribution in [0.25, 0.3) is 10.6 Å². The number of aromatic nitrogens is 1. The van der Waals surface area contributed by atoms with Crippen LogP contribution >= 0.6 is 11.3 Å². The number of hydrogen-bond acceptors (Lipinski definition) is 7. The highest BCUT2D eigenvalue weighted by molar-refractivity contribution is 7.17. The first-order chi connectivity index (χ1) is 16.9. The lowest BCUT2D eigenvalue weighted by Gasteiger charge is -2.27. The number of carbonyl (C=O) groups is 2. The van der Waals surface area contributed by atoms with Gasteiger partial charge in [0.25, 0.3) is 5.91 Å². The first kappa shape index (κ1) is 24.5. The SMILES string of the molecule is CCCCN1C(=O)C(O)=C(C(=O)c2sc(-c3ccccc3)nc2C)C1c1ccc(OC)c(OC)c1. The number of carbonyl (C=O) groups excluding carboxylic acids is 2. The number of amides is 1. The number of nitrogens with zero attached hydrogens (tertiary/aromatic N) is 2. The molecule has 1 aromatic heterocycles. The summed E-state index contributed by atoms with van der Waals surface area (Å²) in [5.74, 6) is -0.447. The Morgan fingerprint density at radius 2 is 1.83 bits per heavy atom. The van der Waals surface area contributed by atoms with Crippen molar-refractivity contribution in [3.63, 3.8) is 0 Å². The summed E-state index contributed by atoms with van der Waals surface area (Å²) >= 11 is 1.26. The van der Waals surface area contributed by atoms with Crippen molar-refractivity contribution in [3.05, 3.63) is 76.0 Å². The molecule has 4 rings (SSSR count). The number of hydrogen-bond donors (Lipinski definition) is 1. The second-order valence-corrected chi connectivity index (χ2v) is 9.26. The van der Waals surface area contributed by atoms with Crippen LogP contribution < -0.4 is 9.47 Å². The molecule has 1 amide bonds. The van der Waals surface area contributed by atoms with E-state index in [1.54, 1.807) is 37.1 Å². The van der Waals surface area contributed by atoms with Gasteiger partial charge in [0.2, 0.25) is 5.78 Å². The van der Waals surface area contributed by atoms with E-state index in [4.69, 9.17) is 9.47 Å². The van der Waals surface area contributed by atoms with Crippen LogP contribution in [0.4, 0.5) is 0 Å². The number of Topliss-reactive ketones (excluding diaryl/α,β-unsaturated/α-hetero) is 1. The number of rotatable bonds is 9. The molecule has 8 heteroatoms. The Morgan fingerprint density at radius 1 is 1.11 bits per heavy atom. The monoisotopic (exact) mass is 492 g/mol. The van der Waals surface area contributed by atoms with Crippen molar-refractivity contribution < 1.29 is 24.2 Å². The van der Waals surface area contributed by atoms with E-state index in [0.717, 1.165) is 18.4 Å². The number of thiazole rings is 1. The fourth-order valence-corrected chi connectivity index (χ4v) is 5.27. The number of aliphatic hydroxyl groups excluding tert-OH is 1. The molecule has 0 bridgehead atoms. The quantitative estimate of drug-likeness (QED) is 0.396. The van der Waals surface area contributed by atoms with Crippen LogP contribution in [0.15, 0.2) is 59.9 Å². The molecule has 0 saturated heterocycles. The van der Waals surface area contributed by atoms with Crippen molar-refractivity contribution in [1.82, 2.24) is 9.88 Å². The summed E-state index contributed by atoms with van der Waals surface area (Å²) in [6.45, 7) is 4.20. The summed E-state index contributed by atoms with van der Waals surface area (Å²) in [4.78, 5) is 33.5. The number of aliphatic hydroxyl groups is 1. The van der Waals surface area contributed by atoms with Gasteiger partial charge in [0.05, 0.1) is 36.4 Å². The summed E-state index contributed by atoms with van der Waals surface area (Å²) < 4.78 is 10.8. The van der Waals surface area contributed by atoms with Crippen molar-refractivity contribution in [1.29, 1.82) is 0 Å². The smallest absolute Gasteiger partial charge is 0.290 e. The average Bonchev–Trinajstić information content (AvgIpc) is 3.39. The molecule has 1 aliphatic rings. The Bertz CT molecular complexity index is 1280. The molecule has 0 radical (unpaired) electrons. The van der Waals surface area contributed by atoms with E-state index in [2.05, 4.69) is 4.98 Å². The molecule has 2 aromatic carbocycles. The van der Waals surface area contributed by atoms with Crippen LogP contribution in [0.3, 0.4) is 0 Å². The first-order valence-electron chi connectivity index (χ1n) is 11.4. The summed E-state index contributed by atoms with van der Waals surface area (Å²) in [7, 11) is 3.07. The van der Waals surface area contributed by atoms with E-state index >= 15 is 0 Å². The van der Waals surface area contributed by atoms with Crippen molar-refractivity contribution >= 4 is 23.0 Å². The summed E-state index contributed by atoms with van der Waals surface area (Å²) in [5.41, 5.74) is 2.18. The first-order valence-corrected chi connectivity index (χ1v) is 12.3. The predicted octanol–water partition coefficient (Wildman–Crippen LogP) is 5.51. The van der Waals surface area contributed by atoms with Gasteiger partial charge in [-0.2, -0.15) is 0 Å². The van der Waals surface area contributed by atoms with Gasteiger partial charge in [-0.15, -0.1) is 11.3 Å². The number of benzene rings is 2. The molecular weight excluding hydrogens is 464 g/mol. The van der Waals surface area contributed by atoms with Crippen LogP contribution in [0.2, 0.25) is 0 Å². The lowest BCUT2D eigenvalue weighted by atomic mass is 9.94. The highest BCUT2D eigenvalue weighted by Gasteiger charge is 2.44.